The van der Waals surface area contributed by atoms with Crippen LogP contribution in [0.1, 0.15) is 16.8 Å². The van der Waals surface area contributed by atoms with Crippen molar-refractivity contribution in [2.75, 3.05) is 6.54 Å². The normalized spacial score (nSPS) is 15.0. The van der Waals surface area contributed by atoms with E-state index in [-0.39, 0.29) is 5.56 Å². The Labute approximate surface area is 145 Å². The van der Waals surface area contributed by atoms with Crippen LogP contribution in [-0.2, 0) is 19.5 Å². The predicted octanol–water partition coefficient (Wildman–Crippen LogP) is 3.23. The van der Waals surface area contributed by atoms with E-state index < -0.39 is 0 Å². The Hall–Kier alpha value is -1.70. The Bertz CT molecular complexity index is 1000. The van der Waals surface area contributed by atoms with E-state index in [4.69, 9.17) is 12.2 Å². The summed E-state index contributed by atoms with van der Waals surface area (Å²) < 4.78 is 1.46. The number of benzene rings is 1. The summed E-state index contributed by atoms with van der Waals surface area (Å²) in [6, 6.07) is 6.27. The van der Waals surface area contributed by atoms with E-state index in [9.17, 15) is 4.79 Å². The maximum Gasteiger partial charge on any atom is 0.255 e. The zero-order valence-corrected chi connectivity index (χ0v) is 14.7. The smallest absolute Gasteiger partial charge is 0.255 e. The van der Waals surface area contributed by atoms with E-state index in [1.165, 1.54) is 10.9 Å². The molecule has 23 heavy (non-hydrogen) atoms. The molecular formula is C16H15BrN4OS. The number of hydrogen-bond donors (Lipinski definition) is 3. The van der Waals surface area contributed by atoms with Crippen molar-refractivity contribution in [3.63, 3.8) is 0 Å². The Balaban J connectivity index is 1.62. The molecule has 0 bridgehead atoms. The minimum Gasteiger partial charge on any atom is -0.361 e. The lowest BCUT2D eigenvalue weighted by atomic mass is 10.1. The molecule has 118 valence electrons. The minimum absolute atomic E-state index is 0.0552. The summed E-state index contributed by atoms with van der Waals surface area (Å²) >= 11 is 8.57. The number of H-pyrrole nitrogens is 3. The fraction of sp³-hybridized carbons (Fsp3) is 0.250. The van der Waals surface area contributed by atoms with Crippen LogP contribution in [0.25, 0.3) is 10.9 Å². The van der Waals surface area contributed by atoms with Crippen molar-refractivity contribution in [1.29, 1.82) is 0 Å². The fourth-order valence-electron chi connectivity index (χ4n) is 3.20. The van der Waals surface area contributed by atoms with Gasteiger partial charge in [-0.2, -0.15) is 0 Å². The van der Waals surface area contributed by atoms with Crippen LogP contribution in [0.3, 0.4) is 0 Å². The van der Waals surface area contributed by atoms with Crippen molar-refractivity contribution in [3.05, 3.63) is 60.8 Å². The highest BCUT2D eigenvalue weighted by Crippen LogP contribution is 2.24. The molecular weight excluding hydrogens is 376 g/mol. The highest BCUT2D eigenvalue weighted by molar-refractivity contribution is 9.10. The summed E-state index contributed by atoms with van der Waals surface area (Å²) in [7, 11) is 0. The lowest BCUT2D eigenvalue weighted by Gasteiger charge is -2.27. The van der Waals surface area contributed by atoms with Crippen molar-refractivity contribution < 1.29 is 0 Å². The molecule has 0 radical (unpaired) electrons. The number of aromatic amines is 3. The van der Waals surface area contributed by atoms with E-state index in [0.717, 1.165) is 40.8 Å². The summed E-state index contributed by atoms with van der Waals surface area (Å²) in [4.78, 5) is 23.4. The first-order chi connectivity index (χ1) is 11.1. The summed E-state index contributed by atoms with van der Waals surface area (Å²) in [5.74, 6) is 0. The van der Waals surface area contributed by atoms with Gasteiger partial charge in [0.25, 0.3) is 5.56 Å². The molecule has 0 aliphatic carbocycles. The first-order valence-electron chi connectivity index (χ1n) is 7.42. The molecule has 0 fully saturated rings. The van der Waals surface area contributed by atoms with Gasteiger partial charge in [0, 0.05) is 52.5 Å². The van der Waals surface area contributed by atoms with E-state index in [1.807, 2.05) is 0 Å². The van der Waals surface area contributed by atoms with Crippen molar-refractivity contribution in [1.82, 2.24) is 19.9 Å². The molecule has 0 saturated heterocycles. The Kier molecular flexibility index (Phi) is 3.71. The average Bonchev–Trinajstić information content (AvgIpc) is 2.88. The number of halogens is 1. The Morgan fingerprint density at radius 2 is 2.17 bits per heavy atom. The number of fused-ring (bicyclic) bond motifs is 2. The van der Waals surface area contributed by atoms with Gasteiger partial charge in [0.15, 0.2) is 4.77 Å². The largest absolute Gasteiger partial charge is 0.361 e. The number of rotatable bonds is 2. The molecule has 1 aromatic carbocycles. The van der Waals surface area contributed by atoms with Crippen LogP contribution < -0.4 is 5.56 Å². The van der Waals surface area contributed by atoms with Crippen LogP contribution >= 0.6 is 28.1 Å². The lowest BCUT2D eigenvalue weighted by molar-refractivity contribution is 0.241. The second kappa shape index (κ2) is 5.74. The second-order valence-electron chi connectivity index (χ2n) is 5.83. The zero-order valence-electron chi connectivity index (χ0n) is 12.3. The Morgan fingerprint density at radius 1 is 1.30 bits per heavy atom. The molecule has 3 heterocycles. The summed E-state index contributed by atoms with van der Waals surface area (Å²) in [5.41, 5.74) is 4.10. The molecule has 0 amide bonds. The molecule has 7 heteroatoms. The van der Waals surface area contributed by atoms with Gasteiger partial charge in [-0.25, -0.2) is 0 Å². The molecule has 4 rings (SSSR count). The maximum absolute atomic E-state index is 11.9. The quantitative estimate of drug-likeness (QED) is 0.588. The van der Waals surface area contributed by atoms with Crippen LogP contribution in [0.4, 0.5) is 0 Å². The molecule has 2 aromatic heterocycles. The average molecular weight is 391 g/mol. The van der Waals surface area contributed by atoms with Gasteiger partial charge in [0.05, 0.1) is 0 Å². The van der Waals surface area contributed by atoms with Crippen molar-refractivity contribution in [3.8, 4) is 0 Å². The third-order valence-electron chi connectivity index (χ3n) is 4.31. The topological polar surface area (TPSA) is 67.7 Å². The predicted molar refractivity (Wildman–Crippen MR) is 96.1 cm³/mol. The van der Waals surface area contributed by atoms with Crippen LogP contribution in [0.2, 0.25) is 0 Å². The monoisotopic (exact) mass is 390 g/mol. The van der Waals surface area contributed by atoms with Gasteiger partial charge >= 0.3 is 0 Å². The van der Waals surface area contributed by atoms with E-state index in [1.54, 1.807) is 0 Å². The van der Waals surface area contributed by atoms with Gasteiger partial charge < -0.3 is 9.97 Å². The first kappa shape index (κ1) is 14.9. The summed E-state index contributed by atoms with van der Waals surface area (Å²) in [5, 5.41) is 1.23. The number of hydrogen-bond acceptors (Lipinski definition) is 3. The van der Waals surface area contributed by atoms with Crippen LogP contribution in [-0.4, -0.2) is 26.4 Å². The van der Waals surface area contributed by atoms with Crippen molar-refractivity contribution in [2.45, 2.75) is 19.5 Å². The molecule has 0 atom stereocenters. The highest BCUT2D eigenvalue weighted by atomic mass is 79.9. The second-order valence-corrected chi connectivity index (χ2v) is 7.15. The summed E-state index contributed by atoms with van der Waals surface area (Å²) in [6.45, 7) is 2.42. The third-order valence-corrected chi connectivity index (χ3v) is 5.01. The third kappa shape index (κ3) is 2.80. The standard InChI is InChI=1S/C16H15BrN4OS/c17-10-1-2-11-9(6-18-13(11)5-10)7-21-4-3-12-14(8-21)19-16(23)20-15(12)22/h1-2,5-6,18H,3-4,7-8H2,(H2,19,20,22,23). The van der Waals surface area contributed by atoms with Gasteiger partial charge in [-0.3, -0.25) is 14.7 Å². The molecule has 1 aliphatic rings. The minimum atomic E-state index is -0.0552. The van der Waals surface area contributed by atoms with Gasteiger partial charge in [0.1, 0.15) is 0 Å². The van der Waals surface area contributed by atoms with Crippen LogP contribution in [0.15, 0.2) is 33.7 Å². The van der Waals surface area contributed by atoms with Gasteiger partial charge in [-0.05, 0) is 36.3 Å². The summed E-state index contributed by atoms with van der Waals surface area (Å²) in [6.07, 6.45) is 2.80. The molecule has 1 aliphatic heterocycles. The van der Waals surface area contributed by atoms with Gasteiger partial charge in [-0.1, -0.05) is 22.0 Å². The SMILES string of the molecule is O=c1[nH]c(=S)[nH]c2c1CCN(Cc1c[nH]c3cc(Br)ccc13)C2. The van der Waals surface area contributed by atoms with Crippen molar-refractivity contribution >= 4 is 39.1 Å². The van der Waals surface area contributed by atoms with Crippen LogP contribution in [0, 0.1) is 4.77 Å². The molecule has 3 aromatic rings. The van der Waals surface area contributed by atoms with Gasteiger partial charge in [-0.15, -0.1) is 0 Å². The molecule has 0 saturated carbocycles. The number of nitrogens with one attached hydrogen (secondary N) is 3. The van der Waals surface area contributed by atoms with Gasteiger partial charge in [0.2, 0.25) is 0 Å². The van der Waals surface area contributed by atoms with E-state index in [2.05, 4.69) is 60.2 Å². The maximum atomic E-state index is 11.9. The van der Waals surface area contributed by atoms with E-state index >= 15 is 0 Å². The van der Waals surface area contributed by atoms with Crippen LogP contribution in [0.5, 0.6) is 0 Å². The highest BCUT2D eigenvalue weighted by Gasteiger charge is 2.20. The molecule has 5 nitrogen and oxygen atoms in total. The molecule has 3 N–H and O–H groups in total. The lowest BCUT2D eigenvalue weighted by Crippen LogP contribution is -2.34. The molecule has 0 unspecified atom stereocenters. The zero-order chi connectivity index (χ0) is 16.0. The number of aromatic nitrogens is 3. The molecule has 0 spiro atoms. The first-order valence-corrected chi connectivity index (χ1v) is 8.62. The number of nitrogens with zero attached hydrogens (tertiary/aromatic N) is 1. The fourth-order valence-corrected chi connectivity index (χ4v) is 3.77. The Morgan fingerprint density at radius 3 is 3.04 bits per heavy atom. The van der Waals surface area contributed by atoms with Crippen molar-refractivity contribution in [2.24, 2.45) is 0 Å². The van der Waals surface area contributed by atoms with E-state index in [0.29, 0.717) is 11.3 Å².